The molecule has 0 amide bonds. The topological polar surface area (TPSA) is 79.3 Å². The SMILES string of the molecule is O=S(=O)(Nc1ccc2ncsc2c1)c1ccc(CO)cc1. The number of benzene rings is 2. The van der Waals surface area contributed by atoms with Crippen LogP contribution in [0, 0.1) is 0 Å². The van der Waals surface area contributed by atoms with Crippen molar-refractivity contribution >= 4 is 37.3 Å². The van der Waals surface area contributed by atoms with Crippen molar-refractivity contribution in [1.82, 2.24) is 4.98 Å². The third kappa shape index (κ3) is 2.90. The van der Waals surface area contributed by atoms with E-state index < -0.39 is 10.0 Å². The van der Waals surface area contributed by atoms with Crippen LogP contribution in [-0.2, 0) is 16.6 Å². The Kier molecular flexibility index (Phi) is 3.62. The molecule has 0 radical (unpaired) electrons. The molecular formula is C14H12N2O3S2. The van der Waals surface area contributed by atoms with Gasteiger partial charge in [-0.3, -0.25) is 4.72 Å². The predicted octanol–water partition coefficient (Wildman–Crippen LogP) is 2.59. The van der Waals surface area contributed by atoms with Gasteiger partial charge in [0.25, 0.3) is 10.0 Å². The minimum atomic E-state index is -3.64. The minimum absolute atomic E-state index is 0.115. The molecule has 3 rings (SSSR count). The van der Waals surface area contributed by atoms with Crippen LogP contribution < -0.4 is 4.72 Å². The summed E-state index contributed by atoms with van der Waals surface area (Å²) < 4.78 is 28.0. The number of nitrogens with zero attached hydrogens (tertiary/aromatic N) is 1. The first-order chi connectivity index (χ1) is 10.1. The summed E-state index contributed by atoms with van der Waals surface area (Å²) >= 11 is 1.45. The summed E-state index contributed by atoms with van der Waals surface area (Å²) in [5.41, 5.74) is 3.73. The maximum Gasteiger partial charge on any atom is 0.261 e. The summed E-state index contributed by atoms with van der Waals surface area (Å²) in [6, 6.07) is 11.3. The van der Waals surface area contributed by atoms with E-state index in [4.69, 9.17) is 5.11 Å². The van der Waals surface area contributed by atoms with Crippen LogP contribution in [0.2, 0.25) is 0 Å². The molecule has 0 atom stereocenters. The number of anilines is 1. The van der Waals surface area contributed by atoms with Crippen LogP contribution in [0.4, 0.5) is 5.69 Å². The van der Waals surface area contributed by atoms with Gasteiger partial charge in [0.1, 0.15) is 0 Å². The first kappa shape index (κ1) is 14.0. The van der Waals surface area contributed by atoms with Crippen LogP contribution in [0.25, 0.3) is 10.2 Å². The molecule has 0 saturated carbocycles. The van der Waals surface area contributed by atoms with E-state index in [1.807, 2.05) is 0 Å². The smallest absolute Gasteiger partial charge is 0.261 e. The van der Waals surface area contributed by atoms with E-state index in [9.17, 15) is 8.42 Å². The van der Waals surface area contributed by atoms with Crippen LogP contribution in [0.1, 0.15) is 5.56 Å². The van der Waals surface area contributed by atoms with Gasteiger partial charge < -0.3 is 5.11 Å². The molecule has 0 spiro atoms. The van der Waals surface area contributed by atoms with E-state index in [1.54, 1.807) is 35.8 Å². The fourth-order valence-electron chi connectivity index (χ4n) is 1.91. The molecule has 2 N–H and O–H groups in total. The number of fused-ring (bicyclic) bond motifs is 1. The van der Waals surface area contributed by atoms with Crippen molar-refractivity contribution in [2.75, 3.05) is 4.72 Å². The highest BCUT2D eigenvalue weighted by atomic mass is 32.2. The quantitative estimate of drug-likeness (QED) is 0.774. The van der Waals surface area contributed by atoms with Crippen LogP contribution in [-0.4, -0.2) is 18.5 Å². The molecule has 3 aromatic rings. The number of aliphatic hydroxyl groups is 1. The van der Waals surface area contributed by atoms with E-state index in [0.717, 1.165) is 10.2 Å². The van der Waals surface area contributed by atoms with Crippen molar-refractivity contribution in [3.8, 4) is 0 Å². The van der Waals surface area contributed by atoms with Gasteiger partial charge in [0.05, 0.1) is 32.9 Å². The molecule has 0 aliphatic heterocycles. The third-order valence-electron chi connectivity index (χ3n) is 3.00. The highest BCUT2D eigenvalue weighted by Gasteiger charge is 2.14. The Morgan fingerprint density at radius 1 is 1.14 bits per heavy atom. The van der Waals surface area contributed by atoms with Gasteiger partial charge >= 0.3 is 0 Å². The number of hydrogen-bond donors (Lipinski definition) is 2. The van der Waals surface area contributed by atoms with Gasteiger partial charge in [0, 0.05) is 0 Å². The van der Waals surface area contributed by atoms with Crippen molar-refractivity contribution in [3.63, 3.8) is 0 Å². The molecule has 0 aliphatic carbocycles. The Morgan fingerprint density at radius 3 is 2.62 bits per heavy atom. The number of rotatable bonds is 4. The van der Waals surface area contributed by atoms with Gasteiger partial charge in [-0.15, -0.1) is 11.3 Å². The first-order valence-electron chi connectivity index (χ1n) is 6.14. The number of hydrogen-bond acceptors (Lipinski definition) is 5. The average molecular weight is 320 g/mol. The van der Waals surface area contributed by atoms with E-state index in [-0.39, 0.29) is 11.5 Å². The molecule has 108 valence electrons. The molecule has 21 heavy (non-hydrogen) atoms. The molecule has 1 aromatic heterocycles. The highest BCUT2D eigenvalue weighted by Crippen LogP contribution is 2.24. The lowest BCUT2D eigenvalue weighted by Crippen LogP contribution is -2.12. The third-order valence-corrected chi connectivity index (χ3v) is 5.19. The van der Waals surface area contributed by atoms with Gasteiger partial charge in [0.15, 0.2) is 0 Å². The molecule has 0 aliphatic rings. The van der Waals surface area contributed by atoms with Crippen molar-refractivity contribution in [2.24, 2.45) is 0 Å². The van der Waals surface area contributed by atoms with E-state index in [2.05, 4.69) is 9.71 Å². The van der Waals surface area contributed by atoms with Crippen LogP contribution in [0.3, 0.4) is 0 Å². The summed E-state index contributed by atoms with van der Waals surface area (Å²) in [6.45, 7) is -0.115. The molecule has 2 aromatic carbocycles. The van der Waals surface area contributed by atoms with Gasteiger partial charge in [-0.05, 0) is 35.9 Å². The Labute approximate surface area is 125 Å². The van der Waals surface area contributed by atoms with Crippen molar-refractivity contribution in [2.45, 2.75) is 11.5 Å². The molecule has 5 nitrogen and oxygen atoms in total. The Morgan fingerprint density at radius 2 is 1.90 bits per heavy atom. The number of sulfonamides is 1. The fraction of sp³-hybridized carbons (Fsp3) is 0.0714. The lowest BCUT2D eigenvalue weighted by Gasteiger charge is -2.08. The summed E-state index contributed by atoms with van der Waals surface area (Å²) in [4.78, 5) is 4.31. The molecular weight excluding hydrogens is 308 g/mol. The van der Waals surface area contributed by atoms with Crippen LogP contribution >= 0.6 is 11.3 Å². The minimum Gasteiger partial charge on any atom is -0.392 e. The predicted molar refractivity (Wildman–Crippen MR) is 82.8 cm³/mol. The monoisotopic (exact) mass is 320 g/mol. The molecule has 0 saturated heterocycles. The number of aliphatic hydroxyl groups excluding tert-OH is 1. The first-order valence-corrected chi connectivity index (χ1v) is 8.51. The van der Waals surface area contributed by atoms with E-state index in [1.165, 1.54) is 23.5 Å². The summed E-state index contributed by atoms with van der Waals surface area (Å²) in [7, 11) is -3.64. The fourth-order valence-corrected chi connectivity index (χ4v) is 3.67. The van der Waals surface area contributed by atoms with Crippen molar-refractivity contribution in [1.29, 1.82) is 0 Å². The summed E-state index contributed by atoms with van der Waals surface area (Å²) in [5, 5.41) is 8.98. The molecule has 1 heterocycles. The number of nitrogens with one attached hydrogen (secondary N) is 1. The molecule has 0 unspecified atom stereocenters. The Bertz CT molecular complexity index is 871. The Balaban J connectivity index is 1.90. The van der Waals surface area contributed by atoms with E-state index >= 15 is 0 Å². The van der Waals surface area contributed by atoms with Gasteiger partial charge in [0.2, 0.25) is 0 Å². The maximum atomic E-state index is 12.3. The number of aromatic nitrogens is 1. The summed E-state index contributed by atoms with van der Waals surface area (Å²) in [6.07, 6.45) is 0. The molecule has 0 fully saturated rings. The zero-order chi connectivity index (χ0) is 14.9. The standard InChI is InChI=1S/C14H12N2O3S2/c17-8-10-1-4-12(5-2-10)21(18,19)16-11-3-6-13-14(7-11)20-9-15-13/h1-7,9,16-17H,8H2. The maximum absolute atomic E-state index is 12.3. The average Bonchev–Trinajstić information content (AvgIpc) is 2.94. The zero-order valence-electron chi connectivity index (χ0n) is 10.9. The van der Waals surface area contributed by atoms with Crippen molar-refractivity contribution < 1.29 is 13.5 Å². The van der Waals surface area contributed by atoms with Crippen molar-refractivity contribution in [3.05, 3.63) is 53.5 Å². The second-order valence-electron chi connectivity index (χ2n) is 4.44. The highest BCUT2D eigenvalue weighted by molar-refractivity contribution is 7.92. The lowest BCUT2D eigenvalue weighted by atomic mass is 10.2. The second-order valence-corrected chi connectivity index (χ2v) is 7.01. The van der Waals surface area contributed by atoms with Gasteiger partial charge in [-0.25, -0.2) is 13.4 Å². The Hall–Kier alpha value is -1.96. The molecule has 0 bridgehead atoms. The van der Waals surface area contributed by atoms with Gasteiger partial charge in [-0.2, -0.15) is 0 Å². The summed E-state index contributed by atoms with van der Waals surface area (Å²) in [5.74, 6) is 0. The normalized spacial score (nSPS) is 11.7. The lowest BCUT2D eigenvalue weighted by molar-refractivity contribution is 0.282. The second kappa shape index (κ2) is 5.44. The van der Waals surface area contributed by atoms with Gasteiger partial charge in [-0.1, -0.05) is 12.1 Å². The van der Waals surface area contributed by atoms with Crippen LogP contribution in [0.5, 0.6) is 0 Å². The van der Waals surface area contributed by atoms with E-state index in [0.29, 0.717) is 11.3 Å². The largest absolute Gasteiger partial charge is 0.392 e. The number of thiazole rings is 1. The molecule has 7 heteroatoms. The van der Waals surface area contributed by atoms with Crippen LogP contribution in [0.15, 0.2) is 52.9 Å². The zero-order valence-corrected chi connectivity index (χ0v) is 12.5.